The number of carbonyl (C=O) groups excluding carboxylic acids is 1. The van der Waals surface area contributed by atoms with E-state index < -0.39 is 0 Å². The normalized spacial score (nSPS) is 11.6. The molecule has 0 spiro atoms. The number of hydrogen-bond acceptors (Lipinski definition) is 2. The molecule has 0 aliphatic heterocycles. The fourth-order valence-electron chi connectivity index (χ4n) is 1.58. The highest BCUT2D eigenvalue weighted by molar-refractivity contribution is 5.76. The molecule has 1 unspecified atom stereocenters. The minimum atomic E-state index is -0.00732. The lowest BCUT2D eigenvalue weighted by Gasteiger charge is -2.14. The minimum absolute atomic E-state index is 0.00732. The fourth-order valence-corrected chi connectivity index (χ4v) is 1.58. The summed E-state index contributed by atoms with van der Waals surface area (Å²) in [5.74, 6) is 0.0868. The standard InChI is InChI=1S/C14H18N2O/c1-3-4-5-14(17)16-11(2)13-8-6-12(10-15)7-9-13/h6-9,11H,3-5H2,1-2H3,(H,16,17). The molecule has 0 saturated heterocycles. The maximum atomic E-state index is 11.5. The summed E-state index contributed by atoms with van der Waals surface area (Å²) in [5, 5.41) is 11.6. The van der Waals surface area contributed by atoms with Crippen LogP contribution in [0.4, 0.5) is 0 Å². The molecule has 3 nitrogen and oxygen atoms in total. The van der Waals surface area contributed by atoms with E-state index in [-0.39, 0.29) is 11.9 Å². The molecular formula is C14H18N2O. The lowest BCUT2D eigenvalue weighted by molar-refractivity contribution is -0.121. The summed E-state index contributed by atoms with van der Waals surface area (Å²) in [7, 11) is 0. The Morgan fingerprint density at radius 3 is 2.59 bits per heavy atom. The summed E-state index contributed by atoms with van der Waals surface area (Å²) in [6.07, 6.45) is 2.53. The van der Waals surface area contributed by atoms with Crippen LogP contribution in [0.2, 0.25) is 0 Å². The number of hydrogen-bond donors (Lipinski definition) is 1. The molecule has 0 bridgehead atoms. The lowest BCUT2D eigenvalue weighted by atomic mass is 10.1. The zero-order valence-corrected chi connectivity index (χ0v) is 10.4. The summed E-state index contributed by atoms with van der Waals surface area (Å²) in [4.78, 5) is 11.5. The highest BCUT2D eigenvalue weighted by Crippen LogP contribution is 2.13. The first-order valence-corrected chi connectivity index (χ1v) is 5.96. The molecule has 0 saturated carbocycles. The van der Waals surface area contributed by atoms with Crippen LogP contribution in [0.15, 0.2) is 24.3 Å². The summed E-state index contributed by atoms with van der Waals surface area (Å²) in [5.41, 5.74) is 1.66. The molecule has 1 atom stereocenters. The Hall–Kier alpha value is -1.82. The third-order valence-corrected chi connectivity index (χ3v) is 2.67. The van der Waals surface area contributed by atoms with E-state index in [0.717, 1.165) is 18.4 Å². The maximum Gasteiger partial charge on any atom is 0.220 e. The van der Waals surface area contributed by atoms with Crippen LogP contribution in [0, 0.1) is 11.3 Å². The largest absolute Gasteiger partial charge is 0.350 e. The van der Waals surface area contributed by atoms with E-state index in [1.165, 1.54) is 0 Å². The number of unbranched alkanes of at least 4 members (excludes halogenated alkanes) is 1. The molecule has 0 heterocycles. The summed E-state index contributed by atoms with van der Waals surface area (Å²) < 4.78 is 0. The van der Waals surface area contributed by atoms with Gasteiger partial charge in [-0.05, 0) is 31.0 Å². The van der Waals surface area contributed by atoms with Gasteiger partial charge in [0.05, 0.1) is 17.7 Å². The van der Waals surface area contributed by atoms with Crippen molar-refractivity contribution in [1.29, 1.82) is 5.26 Å². The quantitative estimate of drug-likeness (QED) is 0.845. The topological polar surface area (TPSA) is 52.9 Å². The van der Waals surface area contributed by atoms with E-state index >= 15 is 0 Å². The second-order valence-corrected chi connectivity index (χ2v) is 4.13. The van der Waals surface area contributed by atoms with Gasteiger partial charge in [-0.3, -0.25) is 4.79 Å². The van der Waals surface area contributed by atoms with Crippen LogP contribution in [0.25, 0.3) is 0 Å². The summed E-state index contributed by atoms with van der Waals surface area (Å²) in [6.45, 7) is 4.02. The lowest BCUT2D eigenvalue weighted by Crippen LogP contribution is -2.26. The molecule has 1 aromatic rings. The summed E-state index contributed by atoms with van der Waals surface area (Å²) in [6, 6.07) is 9.36. The number of nitrogens with zero attached hydrogens (tertiary/aromatic N) is 1. The third-order valence-electron chi connectivity index (χ3n) is 2.67. The molecule has 1 aromatic carbocycles. The molecule has 1 rings (SSSR count). The van der Waals surface area contributed by atoms with Gasteiger partial charge in [0.25, 0.3) is 0 Å². The van der Waals surface area contributed by atoms with Gasteiger partial charge in [-0.25, -0.2) is 0 Å². The molecular weight excluding hydrogens is 212 g/mol. The van der Waals surface area contributed by atoms with Crippen LogP contribution >= 0.6 is 0 Å². The van der Waals surface area contributed by atoms with E-state index in [0.29, 0.717) is 12.0 Å². The number of benzene rings is 1. The Morgan fingerprint density at radius 2 is 2.06 bits per heavy atom. The van der Waals surface area contributed by atoms with E-state index in [1.54, 1.807) is 12.1 Å². The van der Waals surface area contributed by atoms with Crippen molar-refractivity contribution >= 4 is 5.91 Å². The Bertz CT molecular complexity index is 403. The fraction of sp³-hybridized carbons (Fsp3) is 0.429. The van der Waals surface area contributed by atoms with Gasteiger partial charge in [0.15, 0.2) is 0 Å². The molecule has 0 radical (unpaired) electrons. The van der Waals surface area contributed by atoms with Crippen molar-refractivity contribution in [3.63, 3.8) is 0 Å². The predicted octanol–water partition coefficient (Wildman–Crippen LogP) is 2.93. The van der Waals surface area contributed by atoms with Crippen LogP contribution in [-0.2, 0) is 4.79 Å². The molecule has 17 heavy (non-hydrogen) atoms. The number of nitrogens with one attached hydrogen (secondary N) is 1. The van der Waals surface area contributed by atoms with Gasteiger partial charge in [-0.2, -0.15) is 5.26 Å². The first kappa shape index (κ1) is 13.2. The molecule has 0 aromatic heterocycles. The van der Waals surface area contributed by atoms with Gasteiger partial charge in [0.1, 0.15) is 0 Å². The van der Waals surface area contributed by atoms with Crippen LogP contribution in [-0.4, -0.2) is 5.91 Å². The number of nitriles is 1. The second-order valence-electron chi connectivity index (χ2n) is 4.13. The zero-order chi connectivity index (χ0) is 12.7. The predicted molar refractivity (Wildman–Crippen MR) is 67.2 cm³/mol. The average Bonchev–Trinajstić information content (AvgIpc) is 2.36. The minimum Gasteiger partial charge on any atom is -0.350 e. The van der Waals surface area contributed by atoms with E-state index in [9.17, 15) is 4.79 Å². The van der Waals surface area contributed by atoms with Gasteiger partial charge >= 0.3 is 0 Å². The highest BCUT2D eigenvalue weighted by atomic mass is 16.1. The van der Waals surface area contributed by atoms with E-state index in [4.69, 9.17) is 5.26 Å². The molecule has 0 aliphatic rings. The van der Waals surface area contributed by atoms with Gasteiger partial charge in [0.2, 0.25) is 5.91 Å². The summed E-state index contributed by atoms with van der Waals surface area (Å²) >= 11 is 0. The molecule has 1 N–H and O–H groups in total. The molecule has 1 amide bonds. The van der Waals surface area contributed by atoms with Crippen LogP contribution in [0.3, 0.4) is 0 Å². The average molecular weight is 230 g/mol. The number of rotatable bonds is 5. The zero-order valence-electron chi connectivity index (χ0n) is 10.4. The van der Waals surface area contributed by atoms with Crippen molar-refractivity contribution < 1.29 is 4.79 Å². The smallest absolute Gasteiger partial charge is 0.220 e. The van der Waals surface area contributed by atoms with Crippen molar-refractivity contribution in [3.8, 4) is 6.07 Å². The Kier molecular flexibility index (Phi) is 5.22. The Morgan fingerprint density at radius 1 is 1.41 bits per heavy atom. The van der Waals surface area contributed by atoms with Crippen molar-refractivity contribution in [1.82, 2.24) is 5.32 Å². The second kappa shape index (κ2) is 6.70. The van der Waals surface area contributed by atoms with Crippen molar-refractivity contribution in [2.45, 2.75) is 39.2 Å². The van der Waals surface area contributed by atoms with Gasteiger partial charge < -0.3 is 5.32 Å². The third kappa shape index (κ3) is 4.28. The molecule has 0 aliphatic carbocycles. The molecule has 0 fully saturated rings. The SMILES string of the molecule is CCCCC(=O)NC(C)c1ccc(C#N)cc1. The van der Waals surface area contributed by atoms with Crippen LogP contribution in [0.5, 0.6) is 0 Å². The van der Waals surface area contributed by atoms with Gasteiger partial charge in [-0.15, -0.1) is 0 Å². The monoisotopic (exact) mass is 230 g/mol. The number of amides is 1. The van der Waals surface area contributed by atoms with Crippen LogP contribution in [0.1, 0.15) is 50.3 Å². The first-order chi connectivity index (χ1) is 8.17. The van der Waals surface area contributed by atoms with E-state index in [1.807, 2.05) is 19.1 Å². The Labute approximate surface area is 102 Å². The van der Waals surface area contributed by atoms with E-state index in [2.05, 4.69) is 18.3 Å². The van der Waals surface area contributed by atoms with Gasteiger partial charge in [0, 0.05) is 6.42 Å². The number of carbonyl (C=O) groups is 1. The van der Waals surface area contributed by atoms with Crippen LogP contribution < -0.4 is 5.32 Å². The molecule has 90 valence electrons. The van der Waals surface area contributed by atoms with Crippen molar-refractivity contribution in [3.05, 3.63) is 35.4 Å². The Balaban J connectivity index is 2.54. The first-order valence-electron chi connectivity index (χ1n) is 5.96. The van der Waals surface area contributed by atoms with Crippen molar-refractivity contribution in [2.24, 2.45) is 0 Å². The molecule has 3 heteroatoms. The van der Waals surface area contributed by atoms with Gasteiger partial charge in [-0.1, -0.05) is 25.5 Å². The highest BCUT2D eigenvalue weighted by Gasteiger charge is 2.08. The maximum absolute atomic E-state index is 11.5. The van der Waals surface area contributed by atoms with Crippen molar-refractivity contribution in [2.75, 3.05) is 0 Å².